The van der Waals surface area contributed by atoms with E-state index in [0.717, 1.165) is 16.6 Å². The van der Waals surface area contributed by atoms with E-state index in [2.05, 4.69) is 15.6 Å². The molecule has 0 radical (unpaired) electrons. The van der Waals surface area contributed by atoms with Crippen LogP contribution in [0, 0.1) is 5.92 Å². The molecule has 0 aliphatic rings. The third-order valence-electron chi connectivity index (χ3n) is 4.93. The van der Waals surface area contributed by atoms with Crippen molar-refractivity contribution in [1.82, 2.24) is 10.3 Å². The maximum Gasteiger partial charge on any atom is 0.457 e. The van der Waals surface area contributed by atoms with E-state index in [4.69, 9.17) is 5.11 Å². The number of carboxylic acids is 1. The van der Waals surface area contributed by atoms with Gasteiger partial charge in [0.15, 0.2) is 0 Å². The number of aromatic nitrogens is 1. The predicted molar refractivity (Wildman–Crippen MR) is 125 cm³/mol. The number of carbonyl (C=O) groups excluding carboxylic acids is 1. The molecule has 2 rings (SSSR count). The molecule has 1 unspecified atom stereocenters. The van der Waals surface area contributed by atoms with Crippen LogP contribution in [0.25, 0.3) is 10.9 Å². The Morgan fingerprint density at radius 1 is 0.875 bits per heavy atom. The summed E-state index contributed by atoms with van der Waals surface area (Å²) in [5.41, 5.74) is 1.55. The fourth-order valence-corrected chi connectivity index (χ4v) is 2.69. The number of anilines is 1. The van der Waals surface area contributed by atoms with Crippen molar-refractivity contribution in [2.24, 2.45) is 5.92 Å². The zero-order valence-corrected chi connectivity index (χ0v) is 20.6. The number of alkyl halides is 10. The van der Waals surface area contributed by atoms with Gasteiger partial charge in [0.25, 0.3) is 0 Å². The number of carbonyl (C=O) groups is 2. The predicted octanol–water partition coefficient (Wildman–Crippen LogP) is 6.37. The smallest absolute Gasteiger partial charge is 0.457 e. The fraction of sp³-hybridized carbons (Fsp3) is 0.375. The number of nitrogens with one attached hydrogen (secondary N) is 2. The summed E-state index contributed by atoms with van der Waals surface area (Å²) in [6, 6.07) is 8.91. The van der Waals surface area contributed by atoms with E-state index < -0.39 is 48.2 Å². The van der Waals surface area contributed by atoms with Gasteiger partial charge >= 0.3 is 30.2 Å². The number of allylic oxidation sites excluding steroid dienone is 2. The second kappa shape index (κ2) is 13.5. The van der Waals surface area contributed by atoms with Gasteiger partial charge < -0.3 is 15.7 Å². The maximum absolute atomic E-state index is 12.8. The molecule has 0 bridgehead atoms. The maximum atomic E-state index is 12.8. The van der Waals surface area contributed by atoms with Gasteiger partial charge in [-0.2, -0.15) is 43.9 Å². The third-order valence-corrected chi connectivity index (χ3v) is 4.93. The molecule has 1 heterocycles. The molecule has 222 valence electrons. The molecule has 0 spiro atoms. The normalized spacial score (nSPS) is 13.8. The molecule has 0 fully saturated rings. The van der Waals surface area contributed by atoms with Gasteiger partial charge in [0, 0.05) is 48.1 Å². The van der Waals surface area contributed by atoms with Crippen LogP contribution in [0.2, 0.25) is 0 Å². The van der Waals surface area contributed by atoms with Crippen LogP contribution in [0.15, 0.2) is 60.8 Å². The summed E-state index contributed by atoms with van der Waals surface area (Å²) in [5.74, 6) is -13.0. The molecule has 40 heavy (non-hydrogen) atoms. The number of carboxylic acid groups (broad SMARTS) is 1. The second-order valence-corrected chi connectivity index (χ2v) is 8.36. The second-order valence-electron chi connectivity index (χ2n) is 8.36. The summed E-state index contributed by atoms with van der Waals surface area (Å²) in [4.78, 5) is 25.5. The van der Waals surface area contributed by atoms with Gasteiger partial charge in [-0.15, -0.1) is 0 Å². The lowest BCUT2D eigenvalue weighted by molar-refractivity contribution is -0.259. The van der Waals surface area contributed by atoms with Crippen LogP contribution in [-0.2, 0) is 9.59 Å². The van der Waals surface area contributed by atoms with Crippen molar-refractivity contribution < 1.29 is 58.6 Å². The van der Waals surface area contributed by atoms with Gasteiger partial charge in [0.05, 0.1) is 5.52 Å². The highest BCUT2D eigenvalue weighted by molar-refractivity contribution is 5.91. The van der Waals surface area contributed by atoms with E-state index in [9.17, 15) is 53.5 Å². The Labute approximate surface area is 220 Å². The molecule has 1 amide bonds. The molecule has 0 saturated heterocycles. The number of aliphatic carboxylic acids is 1. The van der Waals surface area contributed by atoms with Crippen LogP contribution in [0.1, 0.15) is 13.8 Å². The van der Waals surface area contributed by atoms with E-state index in [0.29, 0.717) is 0 Å². The van der Waals surface area contributed by atoms with Gasteiger partial charge in [-0.25, -0.2) is 4.79 Å². The van der Waals surface area contributed by atoms with Gasteiger partial charge in [0.1, 0.15) is 0 Å². The summed E-state index contributed by atoms with van der Waals surface area (Å²) < 4.78 is 120. The van der Waals surface area contributed by atoms with Gasteiger partial charge in [-0.3, -0.25) is 9.78 Å². The molecule has 0 saturated carbocycles. The lowest BCUT2D eigenvalue weighted by Gasteiger charge is -2.24. The Balaban J connectivity index is 0.000000562. The number of hydrogen-bond donors (Lipinski definition) is 3. The molecular weight excluding hydrogens is 568 g/mol. The summed E-state index contributed by atoms with van der Waals surface area (Å²) in [5, 5.41) is 14.2. The van der Waals surface area contributed by atoms with Gasteiger partial charge in [-0.1, -0.05) is 32.0 Å². The Morgan fingerprint density at radius 3 is 1.90 bits per heavy atom. The van der Waals surface area contributed by atoms with Crippen LogP contribution in [0.4, 0.5) is 49.6 Å². The lowest BCUT2D eigenvalue weighted by atomic mass is 10.0. The first-order valence-corrected chi connectivity index (χ1v) is 11.1. The summed E-state index contributed by atoms with van der Waals surface area (Å²) in [7, 11) is 0. The van der Waals surface area contributed by atoms with Crippen LogP contribution in [-0.4, -0.2) is 58.8 Å². The quantitative estimate of drug-likeness (QED) is 0.233. The van der Waals surface area contributed by atoms with E-state index >= 15 is 0 Å². The molecular formula is C24H23F10N3O3. The van der Waals surface area contributed by atoms with E-state index in [1.54, 1.807) is 12.3 Å². The Hall–Kier alpha value is -3.85. The molecule has 1 aromatic carbocycles. The van der Waals surface area contributed by atoms with Crippen LogP contribution in [0.5, 0.6) is 0 Å². The van der Waals surface area contributed by atoms with Crippen molar-refractivity contribution in [3.63, 3.8) is 0 Å². The Bertz CT molecular complexity index is 1200. The molecule has 1 aromatic heterocycles. The number of rotatable bonds is 9. The lowest BCUT2D eigenvalue weighted by Crippen LogP contribution is -2.39. The van der Waals surface area contributed by atoms with Crippen LogP contribution in [0.3, 0.4) is 0 Å². The van der Waals surface area contributed by atoms with Crippen molar-refractivity contribution in [3.8, 4) is 0 Å². The van der Waals surface area contributed by atoms with Crippen molar-refractivity contribution >= 4 is 28.5 Å². The third kappa shape index (κ3) is 10.4. The Kier molecular flexibility index (Phi) is 11.5. The van der Waals surface area contributed by atoms with E-state index in [-0.39, 0.29) is 30.7 Å². The summed E-state index contributed by atoms with van der Waals surface area (Å²) in [6.45, 7) is 3.82. The van der Waals surface area contributed by atoms with E-state index in [1.807, 2.05) is 38.1 Å². The summed E-state index contributed by atoms with van der Waals surface area (Å²) in [6.07, 6.45) is -11.1. The zero-order valence-electron chi connectivity index (χ0n) is 20.6. The number of amides is 1. The molecule has 0 aliphatic carbocycles. The highest BCUT2D eigenvalue weighted by atomic mass is 19.4. The highest BCUT2D eigenvalue weighted by Gasteiger charge is 2.56. The molecule has 6 nitrogen and oxygen atoms in total. The molecule has 0 aliphatic heterocycles. The minimum atomic E-state index is -5.75. The standard InChI is InChI=1S/C19H20F5N3O.C5H3F5O2/c1-12(2)16(11-26-17(28)7-9-18(20,21)19(22,23)24)27-15-8-10-25-14-6-4-3-5-13(14)15;6-4(7,5(8,9)10)2-1-3(11)12/h3-10,12,16H,11H2,1-2H3,(H,25,27)(H,26,28);1-2H,(H,11,12)/b9-7+;2-1+. The van der Waals surface area contributed by atoms with E-state index in [1.165, 1.54) is 0 Å². The van der Waals surface area contributed by atoms with Crippen molar-refractivity contribution in [1.29, 1.82) is 0 Å². The average molecular weight is 591 g/mol. The number of halogens is 10. The minimum absolute atomic E-state index is 0.0350. The number of fused-ring (bicyclic) bond motifs is 1. The SMILES string of the molecule is CC(C)C(CNC(=O)/C=C/C(F)(F)C(F)(F)F)Nc1ccnc2ccccc12.O=C(O)/C=C/C(F)(F)C(F)(F)F. The number of para-hydroxylation sites is 1. The number of hydrogen-bond acceptors (Lipinski definition) is 4. The minimum Gasteiger partial charge on any atom is -0.478 e. The molecule has 2 aromatic rings. The zero-order chi connectivity index (χ0) is 30.9. The Morgan fingerprint density at radius 2 is 1.40 bits per heavy atom. The molecule has 3 N–H and O–H groups in total. The molecule has 1 atom stereocenters. The van der Waals surface area contributed by atoms with Crippen molar-refractivity contribution in [2.45, 2.75) is 44.1 Å². The largest absolute Gasteiger partial charge is 0.478 e. The number of nitrogens with zero attached hydrogens (tertiary/aromatic N) is 1. The first kappa shape index (κ1) is 34.2. The first-order chi connectivity index (χ1) is 18.2. The fourth-order valence-electron chi connectivity index (χ4n) is 2.69. The van der Waals surface area contributed by atoms with Crippen LogP contribution >= 0.6 is 0 Å². The van der Waals surface area contributed by atoms with Gasteiger partial charge in [-0.05, 0) is 24.1 Å². The topological polar surface area (TPSA) is 91.3 Å². The van der Waals surface area contributed by atoms with Gasteiger partial charge in [0.2, 0.25) is 5.91 Å². The van der Waals surface area contributed by atoms with Crippen molar-refractivity contribution in [2.75, 3.05) is 11.9 Å². The highest BCUT2D eigenvalue weighted by Crippen LogP contribution is 2.37. The van der Waals surface area contributed by atoms with Crippen LogP contribution < -0.4 is 10.6 Å². The molecule has 16 heteroatoms. The summed E-state index contributed by atoms with van der Waals surface area (Å²) >= 11 is 0. The average Bonchev–Trinajstić information content (AvgIpc) is 2.83. The van der Waals surface area contributed by atoms with Crippen molar-refractivity contribution in [3.05, 3.63) is 60.8 Å². The number of benzene rings is 1. The first-order valence-electron chi connectivity index (χ1n) is 11.1. The monoisotopic (exact) mass is 591 g/mol. The number of pyridine rings is 1.